The summed E-state index contributed by atoms with van der Waals surface area (Å²) < 4.78 is 1.76. The third-order valence-corrected chi connectivity index (χ3v) is 2.89. The molecule has 1 unspecified atom stereocenters. The molecule has 0 aliphatic carbocycles. The van der Waals surface area contributed by atoms with E-state index in [0.29, 0.717) is 6.04 Å². The summed E-state index contributed by atoms with van der Waals surface area (Å²) >= 11 is 0. The number of nitrogens with one attached hydrogen (secondary N) is 1. The molecule has 0 bridgehead atoms. The zero-order chi connectivity index (χ0) is 10.8. The molecule has 0 radical (unpaired) electrons. The third kappa shape index (κ3) is 2.26. The summed E-state index contributed by atoms with van der Waals surface area (Å²) in [5.41, 5.74) is 0.863. The quantitative estimate of drug-likeness (QED) is 0.773. The number of hydrogen-bond acceptors (Lipinski definition) is 3. The fourth-order valence-electron chi connectivity index (χ4n) is 2.12. The average molecular weight is 207 g/mol. The standard InChI is InChI=1S/C11H17N3O/c1-8-6-11(15)14(9(2)13-8)7-10-4-3-5-12-10/h6,10,12H,3-5,7H2,1-2H3. The summed E-state index contributed by atoms with van der Waals surface area (Å²) in [5.74, 6) is 0.814. The van der Waals surface area contributed by atoms with Crippen molar-refractivity contribution in [1.29, 1.82) is 0 Å². The van der Waals surface area contributed by atoms with Crippen LogP contribution >= 0.6 is 0 Å². The van der Waals surface area contributed by atoms with E-state index in [4.69, 9.17) is 0 Å². The van der Waals surface area contributed by atoms with Crippen LogP contribution < -0.4 is 10.9 Å². The molecule has 0 amide bonds. The van der Waals surface area contributed by atoms with Gasteiger partial charge >= 0.3 is 0 Å². The lowest BCUT2D eigenvalue weighted by atomic mass is 10.2. The molecule has 1 saturated heterocycles. The maximum absolute atomic E-state index is 11.7. The maximum Gasteiger partial charge on any atom is 0.253 e. The van der Waals surface area contributed by atoms with Crippen LogP contribution in [0, 0.1) is 13.8 Å². The van der Waals surface area contributed by atoms with Crippen molar-refractivity contribution in [1.82, 2.24) is 14.9 Å². The molecule has 1 fully saturated rings. The largest absolute Gasteiger partial charge is 0.312 e. The molecule has 0 spiro atoms. The van der Waals surface area contributed by atoms with Gasteiger partial charge in [0.1, 0.15) is 5.82 Å². The van der Waals surface area contributed by atoms with E-state index in [1.165, 1.54) is 6.42 Å². The van der Waals surface area contributed by atoms with E-state index in [-0.39, 0.29) is 5.56 Å². The highest BCUT2D eigenvalue weighted by atomic mass is 16.1. The van der Waals surface area contributed by atoms with Gasteiger partial charge < -0.3 is 5.32 Å². The molecular weight excluding hydrogens is 190 g/mol. The predicted molar refractivity (Wildman–Crippen MR) is 59.0 cm³/mol. The van der Waals surface area contributed by atoms with Crippen molar-refractivity contribution in [3.8, 4) is 0 Å². The van der Waals surface area contributed by atoms with Crippen LogP contribution in [0.15, 0.2) is 10.9 Å². The van der Waals surface area contributed by atoms with Crippen LogP contribution in [0.2, 0.25) is 0 Å². The van der Waals surface area contributed by atoms with Gasteiger partial charge in [-0.1, -0.05) is 0 Å². The highest BCUT2D eigenvalue weighted by Crippen LogP contribution is 2.07. The second kappa shape index (κ2) is 4.14. The van der Waals surface area contributed by atoms with Gasteiger partial charge in [0, 0.05) is 24.3 Å². The highest BCUT2D eigenvalue weighted by Gasteiger charge is 2.16. The van der Waals surface area contributed by atoms with E-state index in [9.17, 15) is 4.79 Å². The van der Waals surface area contributed by atoms with Crippen LogP contribution in [-0.2, 0) is 6.54 Å². The van der Waals surface area contributed by atoms with Crippen LogP contribution in [0.25, 0.3) is 0 Å². The molecule has 82 valence electrons. The van der Waals surface area contributed by atoms with E-state index in [0.717, 1.165) is 31.0 Å². The minimum Gasteiger partial charge on any atom is -0.312 e. The predicted octanol–water partition coefficient (Wildman–Crippen LogP) is 0.612. The topological polar surface area (TPSA) is 46.9 Å². The molecule has 4 nitrogen and oxygen atoms in total. The Kier molecular flexibility index (Phi) is 2.86. The van der Waals surface area contributed by atoms with Crippen LogP contribution in [0.5, 0.6) is 0 Å². The maximum atomic E-state index is 11.7. The normalized spacial score (nSPS) is 20.8. The van der Waals surface area contributed by atoms with Gasteiger partial charge in [-0.05, 0) is 33.2 Å². The Morgan fingerprint density at radius 3 is 3.00 bits per heavy atom. The minimum atomic E-state index is 0.0636. The van der Waals surface area contributed by atoms with E-state index in [1.807, 2.05) is 13.8 Å². The lowest BCUT2D eigenvalue weighted by Gasteiger charge is -2.14. The van der Waals surface area contributed by atoms with Crippen molar-refractivity contribution in [2.75, 3.05) is 6.54 Å². The molecule has 1 aromatic rings. The second-order valence-corrected chi connectivity index (χ2v) is 4.19. The Bertz CT molecular complexity index is 405. The summed E-state index contributed by atoms with van der Waals surface area (Å²) in [4.78, 5) is 16.1. The molecule has 0 aromatic carbocycles. The molecule has 1 aliphatic rings. The number of rotatable bonds is 2. The molecule has 1 atom stereocenters. The Hall–Kier alpha value is -1.16. The smallest absolute Gasteiger partial charge is 0.253 e. The van der Waals surface area contributed by atoms with Crippen LogP contribution in [0.1, 0.15) is 24.4 Å². The number of hydrogen-bond donors (Lipinski definition) is 1. The first-order chi connectivity index (χ1) is 7.16. The third-order valence-electron chi connectivity index (χ3n) is 2.89. The Labute approximate surface area is 89.3 Å². The number of aryl methyl sites for hydroxylation is 2. The van der Waals surface area contributed by atoms with Crippen LogP contribution in [-0.4, -0.2) is 22.1 Å². The highest BCUT2D eigenvalue weighted by molar-refractivity contribution is 5.02. The lowest BCUT2D eigenvalue weighted by molar-refractivity contribution is 0.485. The van der Waals surface area contributed by atoms with E-state index in [2.05, 4.69) is 10.3 Å². The SMILES string of the molecule is Cc1cc(=O)n(CC2CCCN2)c(C)n1. The van der Waals surface area contributed by atoms with Crippen molar-refractivity contribution in [3.05, 3.63) is 27.9 Å². The number of nitrogens with zero attached hydrogens (tertiary/aromatic N) is 2. The van der Waals surface area contributed by atoms with Gasteiger partial charge in [-0.15, -0.1) is 0 Å². The Balaban J connectivity index is 2.23. The summed E-state index contributed by atoms with van der Waals surface area (Å²) in [5, 5.41) is 3.39. The van der Waals surface area contributed by atoms with E-state index < -0.39 is 0 Å². The average Bonchev–Trinajstić information content (AvgIpc) is 2.63. The van der Waals surface area contributed by atoms with Gasteiger partial charge in [0.05, 0.1) is 0 Å². The Morgan fingerprint density at radius 1 is 1.60 bits per heavy atom. The molecule has 0 saturated carbocycles. The molecule has 2 heterocycles. The molecular formula is C11H17N3O. The number of aromatic nitrogens is 2. The molecule has 1 aromatic heterocycles. The van der Waals surface area contributed by atoms with Crippen LogP contribution in [0.3, 0.4) is 0 Å². The molecule has 1 N–H and O–H groups in total. The van der Waals surface area contributed by atoms with Crippen molar-refractivity contribution >= 4 is 0 Å². The zero-order valence-electron chi connectivity index (χ0n) is 9.29. The van der Waals surface area contributed by atoms with Crippen molar-refractivity contribution in [2.45, 2.75) is 39.3 Å². The van der Waals surface area contributed by atoms with Crippen molar-refractivity contribution in [3.63, 3.8) is 0 Å². The summed E-state index contributed by atoms with van der Waals surface area (Å²) in [7, 11) is 0. The Morgan fingerprint density at radius 2 is 2.40 bits per heavy atom. The first kappa shape index (κ1) is 10.4. The van der Waals surface area contributed by atoms with Gasteiger partial charge in [0.25, 0.3) is 5.56 Å². The molecule has 4 heteroatoms. The first-order valence-electron chi connectivity index (χ1n) is 5.45. The van der Waals surface area contributed by atoms with Gasteiger partial charge in [-0.3, -0.25) is 9.36 Å². The second-order valence-electron chi connectivity index (χ2n) is 4.19. The van der Waals surface area contributed by atoms with Crippen LogP contribution in [0.4, 0.5) is 0 Å². The zero-order valence-corrected chi connectivity index (χ0v) is 9.29. The molecule has 15 heavy (non-hydrogen) atoms. The van der Waals surface area contributed by atoms with E-state index in [1.54, 1.807) is 10.6 Å². The fraction of sp³-hybridized carbons (Fsp3) is 0.636. The van der Waals surface area contributed by atoms with E-state index >= 15 is 0 Å². The summed E-state index contributed by atoms with van der Waals surface area (Å²) in [6.45, 7) is 5.56. The molecule has 1 aliphatic heterocycles. The monoisotopic (exact) mass is 207 g/mol. The van der Waals surface area contributed by atoms with Gasteiger partial charge in [0.15, 0.2) is 0 Å². The summed E-state index contributed by atoms with van der Waals surface area (Å²) in [6, 6.07) is 2.04. The summed E-state index contributed by atoms with van der Waals surface area (Å²) in [6.07, 6.45) is 2.36. The minimum absolute atomic E-state index is 0.0636. The fourth-order valence-corrected chi connectivity index (χ4v) is 2.12. The lowest BCUT2D eigenvalue weighted by Crippen LogP contribution is -2.33. The first-order valence-corrected chi connectivity index (χ1v) is 5.45. The van der Waals surface area contributed by atoms with Gasteiger partial charge in [-0.2, -0.15) is 0 Å². The van der Waals surface area contributed by atoms with Crippen molar-refractivity contribution < 1.29 is 0 Å². The molecule has 2 rings (SSSR count). The van der Waals surface area contributed by atoms with Gasteiger partial charge in [-0.25, -0.2) is 4.98 Å². The van der Waals surface area contributed by atoms with Crippen molar-refractivity contribution in [2.24, 2.45) is 0 Å². The van der Waals surface area contributed by atoms with Gasteiger partial charge in [0.2, 0.25) is 0 Å².